The highest BCUT2D eigenvalue weighted by Crippen LogP contribution is 2.37. The number of carbonyl (C=O) groups is 1. The molecule has 1 aliphatic rings. The first kappa shape index (κ1) is 16.5. The third kappa shape index (κ3) is 3.00. The molecule has 134 valence electrons. The summed E-state index contributed by atoms with van der Waals surface area (Å²) in [5.41, 5.74) is 3.18. The Labute approximate surface area is 151 Å². The number of piperidine rings is 1. The number of hydrogen-bond acceptors (Lipinski definition) is 5. The summed E-state index contributed by atoms with van der Waals surface area (Å²) in [5.74, 6) is 0.679. The number of carbonyl (C=O) groups excluding carboxylic acids is 1. The van der Waals surface area contributed by atoms with E-state index in [2.05, 4.69) is 15.2 Å². The molecule has 0 aliphatic carbocycles. The number of nitrogens with zero attached hydrogens (tertiary/aromatic N) is 5. The topological polar surface area (TPSA) is 77.0 Å². The Bertz CT molecular complexity index is 915. The van der Waals surface area contributed by atoms with Crippen molar-refractivity contribution < 1.29 is 9.32 Å². The number of likely N-dealkylation sites (tertiary alicyclic amines) is 1. The Balaban J connectivity index is 1.72. The number of hydrogen-bond donors (Lipinski definition) is 0. The molecule has 26 heavy (non-hydrogen) atoms. The zero-order chi connectivity index (χ0) is 18.1. The summed E-state index contributed by atoms with van der Waals surface area (Å²) in [5, 5.41) is 8.66. The number of amides is 1. The molecule has 7 heteroatoms. The van der Waals surface area contributed by atoms with Gasteiger partial charge in [0, 0.05) is 38.2 Å². The van der Waals surface area contributed by atoms with Crippen LogP contribution in [0.4, 0.5) is 0 Å². The molecule has 0 saturated carbocycles. The molecule has 1 amide bonds. The second-order valence-electron chi connectivity index (χ2n) is 6.69. The van der Waals surface area contributed by atoms with Gasteiger partial charge < -0.3 is 9.42 Å². The van der Waals surface area contributed by atoms with Crippen LogP contribution in [0, 0.1) is 6.92 Å². The second kappa shape index (κ2) is 6.74. The van der Waals surface area contributed by atoms with E-state index < -0.39 is 0 Å². The second-order valence-corrected chi connectivity index (χ2v) is 6.69. The van der Waals surface area contributed by atoms with E-state index in [1.54, 1.807) is 29.2 Å². The lowest BCUT2D eigenvalue weighted by molar-refractivity contribution is 0.0605. The van der Waals surface area contributed by atoms with Crippen LogP contribution in [0.5, 0.6) is 0 Å². The van der Waals surface area contributed by atoms with E-state index in [0.29, 0.717) is 17.9 Å². The zero-order valence-electron chi connectivity index (χ0n) is 14.9. The van der Waals surface area contributed by atoms with Crippen LogP contribution in [-0.2, 0) is 7.05 Å². The van der Waals surface area contributed by atoms with Gasteiger partial charge in [0.15, 0.2) is 5.76 Å². The summed E-state index contributed by atoms with van der Waals surface area (Å²) >= 11 is 0. The first-order valence-electron chi connectivity index (χ1n) is 8.81. The molecule has 1 saturated heterocycles. The van der Waals surface area contributed by atoms with Gasteiger partial charge in [-0.3, -0.25) is 14.5 Å². The van der Waals surface area contributed by atoms with Crippen molar-refractivity contribution in [1.82, 2.24) is 24.8 Å². The number of pyridine rings is 1. The van der Waals surface area contributed by atoms with Crippen molar-refractivity contribution in [2.45, 2.75) is 32.2 Å². The first-order valence-corrected chi connectivity index (χ1v) is 8.81. The largest absolute Gasteiger partial charge is 0.356 e. The third-order valence-corrected chi connectivity index (χ3v) is 4.74. The molecule has 1 fully saturated rings. The van der Waals surface area contributed by atoms with Crippen LogP contribution in [0.2, 0.25) is 0 Å². The van der Waals surface area contributed by atoms with E-state index in [9.17, 15) is 4.79 Å². The molecule has 4 rings (SSSR count). The SMILES string of the molecule is Cc1cc(-c2cn(C)nc2[C@@H]2CCCCN2C(=O)c2cccnc2)on1. The first-order chi connectivity index (χ1) is 12.6. The van der Waals surface area contributed by atoms with E-state index in [-0.39, 0.29) is 11.9 Å². The van der Waals surface area contributed by atoms with Gasteiger partial charge in [-0.05, 0) is 38.3 Å². The molecular weight excluding hydrogens is 330 g/mol. The fourth-order valence-corrected chi connectivity index (χ4v) is 3.55. The minimum atomic E-state index is -0.0851. The summed E-state index contributed by atoms with van der Waals surface area (Å²) < 4.78 is 7.23. The van der Waals surface area contributed by atoms with E-state index in [1.165, 1.54) is 0 Å². The highest BCUT2D eigenvalue weighted by atomic mass is 16.5. The summed E-state index contributed by atoms with van der Waals surface area (Å²) in [7, 11) is 1.88. The van der Waals surface area contributed by atoms with Gasteiger partial charge >= 0.3 is 0 Å². The Kier molecular flexibility index (Phi) is 4.28. The van der Waals surface area contributed by atoms with Crippen molar-refractivity contribution in [2.75, 3.05) is 6.54 Å². The number of rotatable bonds is 3. The van der Waals surface area contributed by atoms with Gasteiger partial charge in [-0.15, -0.1) is 0 Å². The van der Waals surface area contributed by atoms with E-state index >= 15 is 0 Å². The Morgan fingerprint density at radius 3 is 2.96 bits per heavy atom. The number of aromatic nitrogens is 4. The van der Waals surface area contributed by atoms with Crippen LogP contribution in [0.1, 0.15) is 47.1 Å². The zero-order valence-corrected chi connectivity index (χ0v) is 14.9. The number of aryl methyl sites for hydroxylation is 2. The fraction of sp³-hybridized carbons (Fsp3) is 0.368. The maximum absolute atomic E-state index is 13.1. The van der Waals surface area contributed by atoms with Crippen LogP contribution in [0.3, 0.4) is 0 Å². The highest BCUT2D eigenvalue weighted by molar-refractivity contribution is 5.94. The molecular formula is C19H21N5O2. The molecule has 1 atom stereocenters. The molecule has 3 aromatic heterocycles. The Hall–Kier alpha value is -2.96. The van der Waals surface area contributed by atoms with Crippen LogP contribution in [0.15, 0.2) is 41.3 Å². The Morgan fingerprint density at radius 2 is 2.23 bits per heavy atom. The van der Waals surface area contributed by atoms with Crippen molar-refractivity contribution >= 4 is 5.91 Å². The molecule has 0 N–H and O–H groups in total. The van der Waals surface area contributed by atoms with Gasteiger partial charge in [-0.2, -0.15) is 5.10 Å². The average molecular weight is 351 g/mol. The van der Waals surface area contributed by atoms with Crippen LogP contribution >= 0.6 is 0 Å². The van der Waals surface area contributed by atoms with Crippen molar-refractivity contribution in [1.29, 1.82) is 0 Å². The molecule has 0 radical (unpaired) electrons. The van der Waals surface area contributed by atoms with E-state index in [0.717, 1.165) is 36.2 Å². The summed E-state index contributed by atoms with van der Waals surface area (Å²) in [4.78, 5) is 19.0. The summed E-state index contributed by atoms with van der Waals surface area (Å²) in [6.07, 6.45) is 8.15. The van der Waals surface area contributed by atoms with E-state index in [4.69, 9.17) is 4.52 Å². The monoisotopic (exact) mass is 351 g/mol. The van der Waals surface area contributed by atoms with Gasteiger partial charge in [0.2, 0.25) is 0 Å². The maximum Gasteiger partial charge on any atom is 0.255 e. The lowest BCUT2D eigenvalue weighted by Gasteiger charge is -2.35. The Morgan fingerprint density at radius 1 is 1.35 bits per heavy atom. The van der Waals surface area contributed by atoms with Gasteiger partial charge in [0.05, 0.1) is 28.6 Å². The third-order valence-electron chi connectivity index (χ3n) is 4.74. The van der Waals surface area contributed by atoms with Gasteiger partial charge in [0.25, 0.3) is 5.91 Å². The summed E-state index contributed by atoms with van der Waals surface area (Å²) in [6.45, 7) is 2.60. The van der Waals surface area contributed by atoms with Crippen LogP contribution in [0.25, 0.3) is 11.3 Å². The minimum absolute atomic E-state index is 0.00634. The van der Waals surface area contributed by atoms with Crippen LogP contribution in [-0.4, -0.2) is 37.3 Å². The highest BCUT2D eigenvalue weighted by Gasteiger charge is 2.33. The predicted octanol–water partition coefficient (Wildman–Crippen LogP) is 3.15. The van der Waals surface area contributed by atoms with Gasteiger partial charge in [-0.1, -0.05) is 5.16 Å². The molecule has 3 aromatic rings. The molecule has 0 unspecified atom stereocenters. The molecule has 0 bridgehead atoms. The molecule has 4 heterocycles. The van der Waals surface area contributed by atoms with E-state index in [1.807, 2.05) is 31.1 Å². The standard InChI is InChI=1S/C19H21N5O2/c1-13-10-17(26-22-13)15-12-23(2)21-18(15)16-7-3-4-9-24(16)19(25)14-6-5-8-20-11-14/h5-6,8,10-12,16H,3-4,7,9H2,1-2H3/t16-/m0/s1. The van der Waals surface area contributed by atoms with Crippen molar-refractivity contribution in [3.63, 3.8) is 0 Å². The predicted molar refractivity (Wildman–Crippen MR) is 95.3 cm³/mol. The molecule has 0 spiro atoms. The quantitative estimate of drug-likeness (QED) is 0.724. The van der Waals surface area contributed by atoms with Crippen molar-refractivity contribution in [3.8, 4) is 11.3 Å². The van der Waals surface area contributed by atoms with Gasteiger partial charge in [0.1, 0.15) is 0 Å². The van der Waals surface area contributed by atoms with Gasteiger partial charge in [-0.25, -0.2) is 0 Å². The normalized spacial score (nSPS) is 17.5. The van der Waals surface area contributed by atoms with Crippen molar-refractivity contribution in [3.05, 3.63) is 53.7 Å². The fourth-order valence-electron chi connectivity index (χ4n) is 3.55. The van der Waals surface area contributed by atoms with Crippen LogP contribution < -0.4 is 0 Å². The average Bonchev–Trinajstić information content (AvgIpc) is 3.27. The maximum atomic E-state index is 13.1. The molecule has 1 aliphatic heterocycles. The smallest absolute Gasteiger partial charge is 0.255 e. The lowest BCUT2D eigenvalue weighted by atomic mass is 9.95. The molecule has 0 aromatic carbocycles. The minimum Gasteiger partial charge on any atom is -0.356 e. The van der Waals surface area contributed by atoms with Crippen molar-refractivity contribution in [2.24, 2.45) is 7.05 Å². The lowest BCUT2D eigenvalue weighted by Crippen LogP contribution is -2.39. The molecule has 7 nitrogen and oxygen atoms in total. The summed E-state index contributed by atoms with van der Waals surface area (Å²) in [6, 6.07) is 5.41.